The van der Waals surface area contributed by atoms with E-state index in [9.17, 15) is 9.59 Å². The van der Waals surface area contributed by atoms with E-state index in [2.05, 4.69) is 27.2 Å². The van der Waals surface area contributed by atoms with Crippen LogP contribution in [0.1, 0.15) is 43.7 Å². The molecule has 2 unspecified atom stereocenters. The number of benzene rings is 1. The fourth-order valence-electron chi connectivity index (χ4n) is 4.34. The first-order valence-electron chi connectivity index (χ1n) is 10.8. The average Bonchev–Trinajstić information content (AvgIpc) is 3.03. The molecule has 178 valence electrons. The monoisotopic (exact) mass is 521 g/mol. The lowest BCUT2D eigenvalue weighted by Gasteiger charge is -2.38. The molecule has 1 N–H and O–H groups in total. The van der Waals surface area contributed by atoms with Crippen LogP contribution in [-0.4, -0.2) is 57.7 Å². The molecule has 0 saturated heterocycles. The maximum Gasteiger partial charge on any atom is 0.513 e. The van der Waals surface area contributed by atoms with Crippen molar-refractivity contribution in [3.63, 3.8) is 0 Å². The summed E-state index contributed by atoms with van der Waals surface area (Å²) in [5.74, 6) is 2.77. The molecule has 0 bridgehead atoms. The molecule has 1 amide bonds. The molecule has 1 aliphatic carbocycles. The fourth-order valence-corrected chi connectivity index (χ4v) is 4.98. The number of hydrogen-bond acceptors (Lipinski definition) is 7. The number of hydrogen-bond donors (Lipinski definition) is 1. The molecule has 3 rings (SSSR count). The van der Waals surface area contributed by atoms with Crippen LogP contribution in [0, 0.1) is 12.3 Å². The Hall–Kier alpha value is -2.54. The van der Waals surface area contributed by atoms with Gasteiger partial charge in [0.15, 0.2) is 5.76 Å². The molecule has 2 atom stereocenters. The quantitative estimate of drug-likeness (QED) is 0.316. The van der Waals surface area contributed by atoms with Crippen LogP contribution >= 0.6 is 15.9 Å². The number of methoxy groups -OCH3 is 2. The van der Waals surface area contributed by atoms with Gasteiger partial charge in [0.25, 0.3) is 5.91 Å². The van der Waals surface area contributed by atoms with Crippen molar-refractivity contribution in [2.75, 3.05) is 34.0 Å². The van der Waals surface area contributed by atoms with E-state index in [4.69, 9.17) is 30.1 Å². The molecule has 1 spiro atoms. The molecule has 1 aromatic rings. The number of carbonyl (C=O) groups is 2. The van der Waals surface area contributed by atoms with E-state index in [1.54, 1.807) is 26.2 Å². The highest BCUT2D eigenvalue weighted by Gasteiger charge is 2.51. The van der Waals surface area contributed by atoms with Crippen molar-refractivity contribution in [3.05, 3.63) is 33.5 Å². The van der Waals surface area contributed by atoms with Gasteiger partial charge in [-0.25, -0.2) is 4.79 Å². The van der Waals surface area contributed by atoms with E-state index in [1.807, 2.05) is 0 Å². The highest BCUT2D eigenvalue weighted by molar-refractivity contribution is 9.10. The number of carbonyl (C=O) groups excluding carboxylic acids is 2. The lowest BCUT2D eigenvalue weighted by Crippen LogP contribution is -2.50. The Morgan fingerprint density at radius 2 is 2.12 bits per heavy atom. The van der Waals surface area contributed by atoms with Gasteiger partial charge in [0.2, 0.25) is 0 Å². The minimum Gasteiger partial charge on any atom is -0.496 e. The molecule has 9 heteroatoms. The molecule has 1 saturated carbocycles. The zero-order chi connectivity index (χ0) is 24.0. The van der Waals surface area contributed by atoms with E-state index in [0.717, 1.165) is 12.8 Å². The molecule has 1 fully saturated rings. The molecule has 1 aliphatic heterocycles. The largest absolute Gasteiger partial charge is 0.513 e. The second-order valence-corrected chi connectivity index (χ2v) is 8.64. The first-order chi connectivity index (χ1) is 15.9. The number of terminal acetylenes is 1. The lowest BCUT2D eigenvalue weighted by atomic mass is 9.79. The van der Waals surface area contributed by atoms with E-state index in [1.165, 1.54) is 7.11 Å². The fraction of sp³-hybridized carbons (Fsp3) is 0.500. The second kappa shape index (κ2) is 11.1. The number of amides is 1. The summed E-state index contributed by atoms with van der Waals surface area (Å²) in [5.41, 5.74) is 0.318. The summed E-state index contributed by atoms with van der Waals surface area (Å²) < 4.78 is 27.9. The summed E-state index contributed by atoms with van der Waals surface area (Å²) in [5, 5.41) is 3.07. The molecule has 0 radical (unpaired) electrons. The van der Waals surface area contributed by atoms with Gasteiger partial charge in [0.05, 0.1) is 38.6 Å². The van der Waals surface area contributed by atoms with Gasteiger partial charge >= 0.3 is 6.16 Å². The summed E-state index contributed by atoms with van der Waals surface area (Å²) >= 11 is 3.51. The first kappa shape index (κ1) is 25.1. The number of rotatable bonds is 8. The van der Waals surface area contributed by atoms with Gasteiger partial charge in [-0.1, -0.05) is 5.92 Å². The minimum atomic E-state index is -0.912. The average molecular weight is 522 g/mol. The number of nitrogens with one attached hydrogen (secondary N) is 1. The van der Waals surface area contributed by atoms with Crippen molar-refractivity contribution in [1.29, 1.82) is 0 Å². The standard InChI is InChI=1S/C24H28BrNO7/c1-5-15-12-17(25)19(18(13-15)30-4)20-21(33-23(28)31-6-2)24(26-22(20)27)9-7-8-16(14-24)32-11-10-29-3/h1,12-13,16H,6-11,14H2,2-4H3,(H,26,27). The normalized spacial score (nSPS) is 22.2. The third-order valence-electron chi connectivity index (χ3n) is 5.73. The summed E-state index contributed by atoms with van der Waals surface area (Å²) in [6, 6.07) is 3.37. The summed E-state index contributed by atoms with van der Waals surface area (Å²) in [6.45, 7) is 2.73. The minimum absolute atomic E-state index is 0.136. The SMILES string of the molecule is C#Cc1cc(Br)c(C2=C(OC(=O)OCC)C3(CCCC(OCCOC)C3)NC2=O)c(OC)c1. The third kappa shape index (κ3) is 5.35. The van der Waals surface area contributed by atoms with Crippen LogP contribution in [0.4, 0.5) is 4.79 Å². The molecular weight excluding hydrogens is 494 g/mol. The van der Waals surface area contributed by atoms with Crippen LogP contribution in [-0.2, 0) is 23.7 Å². The Bertz CT molecular complexity index is 984. The van der Waals surface area contributed by atoms with Crippen LogP contribution in [0.2, 0.25) is 0 Å². The number of halogens is 1. The van der Waals surface area contributed by atoms with Gasteiger partial charge in [-0.15, -0.1) is 6.42 Å². The topological polar surface area (TPSA) is 92.3 Å². The molecule has 0 aromatic heterocycles. The van der Waals surface area contributed by atoms with Crippen LogP contribution < -0.4 is 10.1 Å². The maximum absolute atomic E-state index is 13.4. The van der Waals surface area contributed by atoms with Gasteiger partial charge in [-0.3, -0.25) is 4.79 Å². The molecule has 1 heterocycles. The summed E-state index contributed by atoms with van der Waals surface area (Å²) in [4.78, 5) is 25.8. The molecular formula is C24H28BrNO7. The van der Waals surface area contributed by atoms with Crippen LogP contribution in [0.15, 0.2) is 22.4 Å². The van der Waals surface area contributed by atoms with Crippen molar-refractivity contribution < 1.29 is 33.3 Å². The summed E-state index contributed by atoms with van der Waals surface area (Å²) in [6.07, 6.45) is 7.17. The predicted octanol–water partition coefficient (Wildman–Crippen LogP) is 3.80. The summed E-state index contributed by atoms with van der Waals surface area (Å²) in [7, 11) is 3.10. The van der Waals surface area contributed by atoms with E-state index in [0.29, 0.717) is 47.4 Å². The van der Waals surface area contributed by atoms with E-state index in [-0.39, 0.29) is 30.0 Å². The molecule has 8 nitrogen and oxygen atoms in total. The Morgan fingerprint density at radius 1 is 1.33 bits per heavy atom. The predicted molar refractivity (Wildman–Crippen MR) is 125 cm³/mol. The first-order valence-corrected chi connectivity index (χ1v) is 11.5. The smallest absolute Gasteiger partial charge is 0.496 e. The van der Waals surface area contributed by atoms with Crippen molar-refractivity contribution >= 4 is 33.6 Å². The molecule has 1 aromatic carbocycles. The number of ether oxygens (including phenoxy) is 5. The van der Waals surface area contributed by atoms with Crippen molar-refractivity contribution in [2.24, 2.45) is 0 Å². The second-order valence-electron chi connectivity index (χ2n) is 7.79. The van der Waals surface area contributed by atoms with E-state index < -0.39 is 11.7 Å². The van der Waals surface area contributed by atoms with Crippen molar-refractivity contribution in [2.45, 2.75) is 44.2 Å². The zero-order valence-corrected chi connectivity index (χ0v) is 20.6. The molecule has 33 heavy (non-hydrogen) atoms. The van der Waals surface area contributed by atoms with Gasteiger partial charge in [-0.05, 0) is 54.2 Å². The van der Waals surface area contributed by atoms with Crippen LogP contribution in [0.3, 0.4) is 0 Å². The Balaban J connectivity index is 2.11. The Morgan fingerprint density at radius 3 is 2.79 bits per heavy atom. The third-order valence-corrected chi connectivity index (χ3v) is 6.35. The molecule has 2 aliphatic rings. The van der Waals surface area contributed by atoms with Gasteiger partial charge in [0, 0.05) is 29.1 Å². The van der Waals surface area contributed by atoms with Gasteiger partial charge < -0.3 is 29.0 Å². The highest BCUT2D eigenvalue weighted by Crippen LogP contribution is 2.47. The van der Waals surface area contributed by atoms with Crippen molar-refractivity contribution in [3.8, 4) is 18.1 Å². The highest BCUT2D eigenvalue weighted by atomic mass is 79.9. The Kier molecular flexibility index (Phi) is 8.40. The van der Waals surface area contributed by atoms with E-state index >= 15 is 0 Å². The lowest BCUT2D eigenvalue weighted by molar-refractivity contribution is -0.117. The van der Waals surface area contributed by atoms with Crippen molar-refractivity contribution in [1.82, 2.24) is 5.32 Å². The van der Waals surface area contributed by atoms with Gasteiger partial charge in [-0.2, -0.15) is 0 Å². The Labute approximate surface area is 202 Å². The van der Waals surface area contributed by atoms with Crippen LogP contribution in [0.25, 0.3) is 5.57 Å². The zero-order valence-electron chi connectivity index (χ0n) is 19.0. The van der Waals surface area contributed by atoms with Crippen LogP contribution in [0.5, 0.6) is 5.75 Å². The maximum atomic E-state index is 13.4. The van der Waals surface area contributed by atoms with Gasteiger partial charge in [0.1, 0.15) is 11.3 Å².